The number of anilines is 3. The van der Waals surface area contributed by atoms with Crippen molar-refractivity contribution in [3.63, 3.8) is 0 Å². The van der Waals surface area contributed by atoms with Gasteiger partial charge in [-0.05, 0) is 44.5 Å². The van der Waals surface area contributed by atoms with Gasteiger partial charge in [0.2, 0.25) is 0 Å². The number of rotatable bonds is 9. The van der Waals surface area contributed by atoms with Crippen LogP contribution in [0.5, 0.6) is 11.6 Å². The van der Waals surface area contributed by atoms with Gasteiger partial charge in [-0.3, -0.25) is 0 Å². The number of nitrogens with one attached hydrogen (secondary N) is 2. The predicted molar refractivity (Wildman–Crippen MR) is 104 cm³/mol. The van der Waals surface area contributed by atoms with Crippen molar-refractivity contribution in [2.45, 2.75) is 19.3 Å². The Bertz CT molecular complexity index is 753. The summed E-state index contributed by atoms with van der Waals surface area (Å²) in [4.78, 5) is 10.9. The first-order chi connectivity index (χ1) is 13.2. The molecule has 0 radical (unpaired) electrons. The van der Waals surface area contributed by atoms with Crippen LogP contribution in [0, 0.1) is 5.82 Å². The Morgan fingerprint density at radius 3 is 2.78 bits per heavy atom. The summed E-state index contributed by atoms with van der Waals surface area (Å²) >= 11 is 0. The first-order valence-corrected chi connectivity index (χ1v) is 9.20. The molecule has 0 amide bonds. The van der Waals surface area contributed by atoms with Gasteiger partial charge in [0.15, 0.2) is 11.6 Å². The van der Waals surface area contributed by atoms with Crippen molar-refractivity contribution in [2.24, 2.45) is 0 Å². The number of hydrogen-bond acceptors (Lipinski definition) is 7. The molecular weight excluding hydrogens is 349 g/mol. The molecule has 0 aliphatic carbocycles. The van der Waals surface area contributed by atoms with Gasteiger partial charge in [0, 0.05) is 19.7 Å². The van der Waals surface area contributed by atoms with Gasteiger partial charge in [-0.1, -0.05) is 0 Å². The summed E-state index contributed by atoms with van der Waals surface area (Å²) in [5, 5.41) is 5.84. The standard InChI is InChI=1S/C19H26FN5O2/c1-21-15-12-18(22-13-14(15)20)23-17-7-6-16(26-2)19(24-17)27-11-5-10-25-8-3-4-9-25/h6-7,12-13H,3-5,8-11H2,1-2H3,(H2,21,22,23,24). The van der Waals surface area contributed by atoms with Gasteiger partial charge in [0.05, 0.1) is 25.6 Å². The SMILES string of the molecule is CNc1cc(Nc2ccc(OC)c(OCCCN3CCCC3)n2)ncc1F. The summed E-state index contributed by atoms with van der Waals surface area (Å²) in [5.41, 5.74) is 0.361. The topological polar surface area (TPSA) is 71.5 Å². The molecule has 27 heavy (non-hydrogen) atoms. The van der Waals surface area contributed by atoms with Gasteiger partial charge in [-0.15, -0.1) is 0 Å². The maximum atomic E-state index is 13.5. The number of pyridine rings is 2. The molecule has 0 unspecified atom stereocenters. The molecule has 8 heteroatoms. The molecule has 0 bridgehead atoms. The second kappa shape index (κ2) is 9.36. The maximum absolute atomic E-state index is 13.5. The van der Waals surface area contributed by atoms with Crippen molar-refractivity contribution in [3.8, 4) is 11.6 Å². The first kappa shape index (κ1) is 19.2. The quantitative estimate of drug-likeness (QED) is 0.652. The fraction of sp³-hybridized carbons (Fsp3) is 0.474. The van der Waals surface area contributed by atoms with E-state index in [1.165, 1.54) is 25.9 Å². The van der Waals surface area contributed by atoms with Crippen molar-refractivity contribution in [3.05, 3.63) is 30.2 Å². The minimum Gasteiger partial charge on any atom is -0.491 e. The van der Waals surface area contributed by atoms with Crippen molar-refractivity contribution in [1.29, 1.82) is 0 Å². The summed E-state index contributed by atoms with van der Waals surface area (Å²) in [5.74, 6) is 1.63. The van der Waals surface area contributed by atoms with Gasteiger partial charge in [0.1, 0.15) is 11.6 Å². The third-order valence-corrected chi connectivity index (χ3v) is 4.48. The molecule has 0 saturated carbocycles. The van der Waals surface area contributed by atoms with E-state index in [-0.39, 0.29) is 0 Å². The molecule has 1 aliphatic heterocycles. The van der Waals surface area contributed by atoms with Gasteiger partial charge in [-0.25, -0.2) is 9.37 Å². The number of likely N-dealkylation sites (tertiary alicyclic amines) is 1. The molecule has 0 atom stereocenters. The van der Waals surface area contributed by atoms with Crippen LogP contribution < -0.4 is 20.1 Å². The van der Waals surface area contributed by atoms with Gasteiger partial charge < -0.3 is 25.0 Å². The van der Waals surface area contributed by atoms with Crippen LogP contribution in [-0.4, -0.2) is 55.3 Å². The molecule has 1 saturated heterocycles. The molecule has 2 aromatic rings. The van der Waals surface area contributed by atoms with Crippen LogP contribution in [0.2, 0.25) is 0 Å². The zero-order chi connectivity index (χ0) is 19.1. The Hall–Kier alpha value is -2.61. The molecule has 7 nitrogen and oxygen atoms in total. The van der Waals surface area contributed by atoms with E-state index in [2.05, 4.69) is 25.5 Å². The predicted octanol–water partition coefficient (Wildman–Crippen LogP) is 3.27. The van der Waals surface area contributed by atoms with Crippen molar-refractivity contribution in [2.75, 3.05) is 51.0 Å². The normalized spacial score (nSPS) is 14.2. The monoisotopic (exact) mass is 375 g/mol. The van der Waals surface area contributed by atoms with Crippen LogP contribution in [0.4, 0.5) is 21.7 Å². The third kappa shape index (κ3) is 5.19. The first-order valence-electron chi connectivity index (χ1n) is 9.20. The van der Waals surface area contributed by atoms with Gasteiger partial charge in [-0.2, -0.15) is 4.98 Å². The highest BCUT2D eigenvalue weighted by Gasteiger charge is 2.12. The molecule has 146 valence electrons. The summed E-state index contributed by atoms with van der Waals surface area (Å²) in [6.45, 7) is 3.97. The second-order valence-electron chi connectivity index (χ2n) is 6.38. The molecule has 2 N–H and O–H groups in total. The number of nitrogens with zero attached hydrogens (tertiary/aromatic N) is 3. The van der Waals surface area contributed by atoms with Crippen LogP contribution in [0.1, 0.15) is 19.3 Å². The second-order valence-corrected chi connectivity index (χ2v) is 6.38. The lowest BCUT2D eigenvalue weighted by Crippen LogP contribution is -2.22. The minimum absolute atomic E-state index is 0.361. The van der Waals surface area contributed by atoms with E-state index in [0.29, 0.717) is 35.6 Å². The molecule has 0 aromatic carbocycles. The highest BCUT2D eigenvalue weighted by atomic mass is 19.1. The van der Waals surface area contributed by atoms with E-state index in [0.717, 1.165) is 19.2 Å². The fourth-order valence-corrected chi connectivity index (χ4v) is 3.05. The molecule has 3 rings (SSSR count). The Labute approximate surface area is 158 Å². The van der Waals surface area contributed by atoms with Crippen LogP contribution in [0.15, 0.2) is 24.4 Å². The largest absolute Gasteiger partial charge is 0.491 e. The lowest BCUT2D eigenvalue weighted by molar-refractivity contribution is 0.247. The molecule has 2 aromatic heterocycles. The highest BCUT2D eigenvalue weighted by Crippen LogP contribution is 2.28. The van der Waals surface area contributed by atoms with Crippen LogP contribution in [-0.2, 0) is 0 Å². The average Bonchev–Trinajstić information content (AvgIpc) is 3.20. The zero-order valence-electron chi connectivity index (χ0n) is 15.8. The van der Waals surface area contributed by atoms with E-state index >= 15 is 0 Å². The molecular formula is C19H26FN5O2. The summed E-state index contributed by atoms with van der Waals surface area (Å²) in [6, 6.07) is 5.13. The minimum atomic E-state index is -0.409. The Morgan fingerprint density at radius 1 is 1.22 bits per heavy atom. The highest BCUT2D eigenvalue weighted by molar-refractivity contribution is 5.59. The molecule has 1 aliphatic rings. The number of hydrogen-bond donors (Lipinski definition) is 2. The van der Waals surface area contributed by atoms with E-state index in [4.69, 9.17) is 9.47 Å². The van der Waals surface area contributed by atoms with Crippen molar-refractivity contribution < 1.29 is 13.9 Å². The molecule has 0 spiro atoms. The van der Waals surface area contributed by atoms with Crippen LogP contribution in [0.3, 0.4) is 0 Å². The smallest absolute Gasteiger partial charge is 0.258 e. The van der Waals surface area contributed by atoms with Crippen molar-refractivity contribution >= 4 is 17.3 Å². The number of ether oxygens (including phenoxy) is 2. The summed E-state index contributed by atoms with van der Waals surface area (Å²) in [7, 11) is 3.24. The van der Waals surface area contributed by atoms with E-state index in [9.17, 15) is 4.39 Å². The average molecular weight is 375 g/mol. The summed E-state index contributed by atoms with van der Waals surface area (Å²) < 4.78 is 24.7. The van der Waals surface area contributed by atoms with E-state index in [1.807, 2.05) is 0 Å². The van der Waals surface area contributed by atoms with E-state index in [1.54, 1.807) is 32.4 Å². The number of methoxy groups -OCH3 is 1. The van der Waals surface area contributed by atoms with Crippen LogP contribution >= 0.6 is 0 Å². The summed E-state index contributed by atoms with van der Waals surface area (Å²) in [6.07, 6.45) is 4.67. The Kier molecular flexibility index (Phi) is 6.64. The Morgan fingerprint density at radius 2 is 2.04 bits per heavy atom. The maximum Gasteiger partial charge on any atom is 0.258 e. The van der Waals surface area contributed by atoms with Crippen molar-refractivity contribution in [1.82, 2.24) is 14.9 Å². The lowest BCUT2D eigenvalue weighted by atomic mass is 10.3. The third-order valence-electron chi connectivity index (χ3n) is 4.48. The molecule has 1 fully saturated rings. The number of aromatic nitrogens is 2. The van der Waals surface area contributed by atoms with E-state index < -0.39 is 5.82 Å². The number of halogens is 1. The van der Waals surface area contributed by atoms with Gasteiger partial charge >= 0.3 is 0 Å². The van der Waals surface area contributed by atoms with Gasteiger partial charge in [0.25, 0.3) is 5.88 Å². The zero-order valence-corrected chi connectivity index (χ0v) is 15.8. The molecule has 3 heterocycles. The van der Waals surface area contributed by atoms with Crippen LogP contribution in [0.25, 0.3) is 0 Å². The fourth-order valence-electron chi connectivity index (χ4n) is 3.05. The lowest BCUT2D eigenvalue weighted by Gasteiger charge is -2.15. The Balaban J connectivity index is 1.62.